The van der Waals surface area contributed by atoms with Crippen molar-refractivity contribution in [2.45, 2.75) is 19.3 Å². The van der Waals surface area contributed by atoms with Crippen LogP contribution in [0.4, 0.5) is 0 Å². The minimum Gasteiger partial charge on any atom is -0.468 e. The summed E-state index contributed by atoms with van der Waals surface area (Å²) >= 11 is 0. The Morgan fingerprint density at radius 2 is 2.38 bits per heavy atom. The summed E-state index contributed by atoms with van der Waals surface area (Å²) in [5, 5.41) is 3.16. The molecule has 2 rings (SSSR count). The van der Waals surface area contributed by atoms with E-state index in [4.69, 9.17) is 4.74 Å². The van der Waals surface area contributed by atoms with E-state index in [1.165, 1.54) is 7.11 Å². The van der Waals surface area contributed by atoms with Crippen LogP contribution in [0.3, 0.4) is 0 Å². The molecule has 2 aliphatic rings. The van der Waals surface area contributed by atoms with Gasteiger partial charge in [-0.05, 0) is 12.8 Å². The second-order valence-electron chi connectivity index (χ2n) is 3.58. The van der Waals surface area contributed by atoms with E-state index in [-0.39, 0.29) is 5.97 Å². The molecule has 0 unspecified atom stereocenters. The normalized spacial score (nSPS) is 24.2. The van der Waals surface area contributed by atoms with Crippen molar-refractivity contribution >= 4 is 11.8 Å². The lowest BCUT2D eigenvalue weighted by molar-refractivity contribution is -0.152. The van der Waals surface area contributed by atoms with E-state index in [1.54, 1.807) is 0 Å². The van der Waals surface area contributed by atoms with E-state index in [1.807, 2.05) is 0 Å². The van der Waals surface area contributed by atoms with Crippen molar-refractivity contribution in [2.75, 3.05) is 20.2 Å². The molecule has 1 aliphatic heterocycles. The molecule has 1 N–H and O–H groups in total. The predicted octanol–water partition coefficient (Wildman–Crippen LogP) is 0.331. The maximum atomic E-state index is 11.6. The molecule has 1 aliphatic carbocycles. The molecule has 0 radical (unpaired) electrons. The molecular formula is C9H14N2O2. The highest BCUT2D eigenvalue weighted by Gasteiger charge is 2.50. The highest BCUT2D eigenvalue weighted by molar-refractivity contribution is 6.07. The molecule has 0 amide bonds. The fourth-order valence-corrected chi connectivity index (χ4v) is 1.98. The number of rotatable bonds is 2. The molecule has 0 bridgehead atoms. The number of hydrogen-bond donors (Lipinski definition) is 1. The molecule has 72 valence electrons. The first-order valence-corrected chi connectivity index (χ1v) is 4.67. The summed E-state index contributed by atoms with van der Waals surface area (Å²) in [6, 6.07) is 0. The minimum absolute atomic E-state index is 0.132. The number of nitrogens with zero attached hydrogens (tertiary/aromatic N) is 1. The number of carbonyl (C=O) groups is 1. The summed E-state index contributed by atoms with van der Waals surface area (Å²) in [6.07, 6.45) is 2.85. The summed E-state index contributed by atoms with van der Waals surface area (Å²) < 4.78 is 4.81. The maximum Gasteiger partial charge on any atom is 0.319 e. The van der Waals surface area contributed by atoms with Crippen LogP contribution < -0.4 is 5.32 Å². The lowest BCUT2D eigenvalue weighted by Crippen LogP contribution is -2.50. The Kier molecular flexibility index (Phi) is 1.98. The van der Waals surface area contributed by atoms with Gasteiger partial charge in [0.1, 0.15) is 11.3 Å². The van der Waals surface area contributed by atoms with Crippen LogP contribution in [0.1, 0.15) is 19.3 Å². The number of hydrogen-bond acceptors (Lipinski definition) is 4. The van der Waals surface area contributed by atoms with Gasteiger partial charge < -0.3 is 10.1 Å². The predicted molar refractivity (Wildman–Crippen MR) is 48.6 cm³/mol. The van der Waals surface area contributed by atoms with Gasteiger partial charge in [0.2, 0.25) is 0 Å². The van der Waals surface area contributed by atoms with Gasteiger partial charge in [0.05, 0.1) is 13.7 Å². The summed E-state index contributed by atoms with van der Waals surface area (Å²) in [6.45, 7) is 1.64. The van der Waals surface area contributed by atoms with Crippen molar-refractivity contribution in [3.05, 3.63) is 0 Å². The molecule has 0 spiro atoms. The van der Waals surface area contributed by atoms with Crippen LogP contribution in [0.2, 0.25) is 0 Å². The Morgan fingerprint density at radius 3 is 2.77 bits per heavy atom. The zero-order chi connectivity index (χ0) is 9.31. The number of nitrogens with one attached hydrogen (secondary N) is 1. The van der Waals surface area contributed by atoms with Gasteiger partial charge in [0.15, 0.2) is 0 Å². The molecule has 13 heavy (non-hydrogen) atoms. The number of esters is 1. The quantitative estimate of drug-likeness (QED) is 0.626. The van der Waals surface area contributed by atoms with Crippen molar-refractivity contribution in [3.63, 3.8) is 0 Å². The average molecular weight is 182 g/mol. The minimum atomic E-state index is -0.411. The Hall–Kier alpha value is -1.06. The van der Waals surface area contributed by atoms with Gasteiger partial charge in [-0.1, -0.05) is 6.42 Å². The molecule has 4 nitrogen and oxygen atoms in total. The highest BCUT2D eigenvalue weighted by atomic mass is 16.5. The Labute approximate surface area is 77.4 Å². The van der Waals surface area contributed by atoms with Gasteiger partial charge in [0.25, 0.3) is 0 Å². The Balaban J connectivity index is 2.19. The zero-order valence-corrected chi connectivity index (χ0v) is 7.80. The largest absolute Gasteiger partial charge is 0.468 e. The van der Waals surface area contributed by atoms with E-state index in [0.717, 1.165) is 38.2 Å². The van der Waals surface area contributed by atoms with Crippen molar-refractivity contribution in [1.82, 2.24) is 5.32 Å². The summed E-state index contributed by atoms with van der Waals surface area (Å²) in [5.41, 5.74) is -0.411. The summed E-state index contributed by atoms with van der Waals surface area (Å²) in [5.74, 6) is 0.720. The smallest absolute Gasteiger partial charge is 0.319 e. The van der Waals surface area contributed by atoms with Gasteiger partial charge >= 0.3 is 5.97 Å². The molecule has 0 saturated heterocycles. The fraction of sp³-hybridized carbons (Fsp3) is 0.778. The van der Waals surface area contributed by atoms with Gasteiger partial charge in [-0.3, -0.25) is 9.79 Å². The van der Waals surface area contributed by atoms with Crippen molar-refractivity contribution in [3.8, 4) is 0 Å². The number of aliphatic imine (C=N–C) groups is 1. The first-order valence-electron chi connectivity index (χ1n) is 4.67. The SMILES string of the molecule is COC(=O)C1(C2=NCCN2)CCC1. The third kappa shape index (κ3) is 1.12. The molecule has 0 atom stereocenters. The Morgan fingerprint density at radius 1 is 1.62 bits per heavy atom. The first-order chi connectivity index (χ1) is 6.29. The average Bonchev–Trinajstić information content (AvgIpc) is 2.55. The van der Waals surface area contributed by atoms with Crippen LogP contribution in [-0.2, 0) is 9.53 Å². The number of amidine groups is 1. The third-order valence-electron chi connectivity index (χ3n) is 2.91. The number of methoxy groups -OCH3 is 1. The van der Waals surface area contributed by atoms with E-state index < -0.39 is 5.41 Å². The van der Waals surface area contributed by atoms with E-state index in [0.29, 0.717) is 0 Å². The van der Waals surface area contributed by atoms with Crippen LogP contribution in [-0.4, -0.2) is 32.0 Å². The van der Waals surface area contributed by atoms with Gasteiger partial charge in [-0.2, -0.15) is 0 Å². The standard InChI is InChI=1S/C9H14N2O2/c1-13-8(12)9(3-2-4-9)7-10-5-6-11-7/h2-6H2,1H3,(H,10,11). The van der Waals surface area contributed by atoms with Crippen LogP contribution >= 0.6 is 0 Å². The second-order valence-corrected chi connectivity index (χ2v) is 3.58. The molecule has 4 heteroatoms. The van der Waals surface area contributed by atoms with E-state index in [2.05, 4.69) is 10.3 Å². The number of ether oxygens (including phenoxy) is 1. The molecule has 1 fully saturated rings. The second kappa shape index (κ2) is 3.01. The lowest BCUT2D eigenvalue weighted by Gasteiger charge is -2.38. The van der Waals surface area contributed by atoms with E-state index in [9.17, 15) is 4.79 Å². The topological polar surface area (TPSA) is 50.7 Å². The molecule has 0 aromatic carbocycles. The summed E-state index contributed by atoms with van der Waals surface area (Å²) in [7, 11) is 1.44. The molecule has 0 aromatic rings. The summed E-state index contributed by atoms with van der Waals surface area (Å²) in [4.78, 5) is 15.9. The van der Waals surface area contributed by atoms with Crippen LogP contribution in [0.15, 0.2) is 4.99 Å². The molecule has 1 saturated carbocycles. The van der Waals surface area contributed by atoms with Crippen molar-refractivity contribution in [1.29, 1.82) is 0 Å². The van der Waals surface area contributed by atoms with Crippen molar-refractivity contribution in [2.24, 2.45) is 10.4 Å². The van der Waals surface area contributed by atoms with Crippen LogP contribution in [0.5, 0.6) is 0 Å². The maximum absolute atomic E-state index is 11.6. The third-order valence-corrected chi connectivity index (χ3v) is 2.91. The van der Waals surface area contributed by atoms with Gasteiger partial charge in [-0.25, -0.2) is 0 Å². The van der Waals surface area contributed by atoms with E-state index >= 15 is 0 Å². The van der Waals surface area contributed by atoms with Crippen molar-refractivity contribution < 1.29 is 9.53 Å². The monoisotopic (exact) mass is 182 g/mol. The Bertz CT molecular complexity index is 256. The van der Waals surface area contributed by atoms with Gasteiger partial charge in [-0.15, -0.1) is 0 Å². The zero-order valence-electron chi connectivity index (χ0n) is 7.80. The van der Waals surface area contributed by atoms with Gasteiger partial charge in [0, 0.05) is 6.54 Å². The lowest BCUT2D eigenvalue weighted by atomic mass is 9.67. The van der Waals surface area contributed by atoms with Crippen LogP contribution in [0.25, 0.3) is 0 Å². The molecular weight excluding hydrogens is 168 g/mol. The fourth-order valence-electron chi connectivity index (χ4n) is 1.98. The first kappa shape index (κ1) is 8.53. The van der Waals surface area contributed by atoms with Crippen LogP contribution in [0, 0.1) is 5.41 Å². The highest BCUT2D eigenvalue weighted by Crippen LogP contribution is 2.43. The molecule has 1 heterocycles. The number of carbonyl (C=O) groups excluding carboxylic acids is 1. The molecule has 0 aromatic heterocycles.